The lowest BCUT2D eigenvalue weighted by Crippen LogP contribution is -2.13. The molecule has 1 amide bonds. The lowest BCUT2D eigenvalue weighted by Gasteiger charge is -2.06. The third kappa shape index (κ3) is 3.04. The number of hydrogen-bond acceptors (Lipinski definition) is 1. The molecule has 5 heteroatoms. The second kappa shape index (κ2) is 5.43. The van der Waals surface area contributed by atoms with Crippen LogP contribution in [-0.4, -0.2) is 5.91 Å². The average Bonchev–Trinajstić information content (AvgIpc) is 2.32. The number of hydrogen-bond donors (Lipinski definition) is 1. The molecule has 2 aromatic rings. The van der Waals surface area contributed by atoms with E-state index in [1.807, 2.05) is 22.6 Å². The summed E-state index contributed by atoms with van der Waals surface area (Å²) < 4.78 is 27.2. The zero-order chi connectivity index (χ0) is 13.1. The normalized spacial score (nSPS) is 10.2. The van der Waals surface area contributed by atoms with E-state index >= 15 is 0 Å². The van der Waals surface area contributed by atoms with Crippen molar-refractivity contribution in [2.45, 2.75) is 0 Å². The first-order valence-corrected chi connectivity index (χ1v) is 6.16. The summed E-state index contributed by atoms with van der Waals surface area (Å²) in [6.45, 7) is 0. The van der Waals surface area contributed by atoms with Gasteiger partial charge in [-0.05, 0) is 59.0 Å². The maximum Gasteiger partial charge on any atom is 0.255 e. The van der Waals surface area contributed by atoms with Crippen molar-refractivity contribution >= 4 is 34.2 Å². The molecule has 0 aliphatic rings. The minimum absolute atomic E-state index is 0.0738. The highest BCUT2D eigenvalue weighted by atomic mass is 127. The minimum Gasteiger partial charge on any atom is -0.319 e. The van der Waals surface area contributed by atoms with E-state index in [1.54, 1.807) is 6.07 Å². The Bertz CT molecular complexity index is 601. The van der Waals surface area contributed by atoms with Gasteiger partial charge in [-0.15, -0.1) is 0 Å². The zero-order valence-corrected chi connectivity index (χ0v) is 11.2. The van der Waals surface area contributed by atoms with E-state index in [1.165, 1.54) is 30.3 Å². The lowest BCUT2D eigenvalue weighted by atomic mass is 10.2. The quantitative estimate of drug-likeness (QED) is 0.812. The predicted octanol–water partition coefficient (Wildman–Crippen LogP) is 3.82. The fourth-order valence-electron chi connectivity index (χ4n) is 1.42. The van der Waals surface area contributed by atoms with E-state index in [0.717, 1.165) is 9.64 Å². The molecule has 0 radical (unpaired) electrons. The van der Waals surface area contributed by atoms with E-state index in [0.29, 0.717) is 0 Å². The average molecular weight is 359 g/mol. The van der Waals surface area contributed by atoms with Gasteiger partial charge < -0.3 is 5.32 Å². The Hall–Kier alpha value is -1.50. The highest BCUT2D eigenvalue weighted by molar-refractivity contribution is 14.1. The Morgan fingerprint density at radius 3 is 2.56 bits per heavy atom. The lowest BCUT2D eigenvalue weighted by molar-refractivity contribution is 0.102. The van der Waals surface area contributed by atoms with Crippen LogP contribution in [0.25, 0.3) is 0 Å². The first kappa shape index (κ1) is 12.9. The minimum atomic E-state index is -0.547. The van der Waals surface area contributed by atoms with Gasteiger partial charge in [0.2, 0.25) is 0 Å². The van der Waals surface area contributed by atoms with Crippen LogP contribution in [0.3, 0.4) is 0 Å². The first-order valence-electron chi connectivity index (χ1n) is 5.08. The topological polar surface area (TPSA) is 29.1 Å². The van der Waals surface area contributed by atoms with Crippen molar-refractivity contribution in [1.82, 2.24) is 0 Å². The number of anilines is 1. The molecule has 0 heterocycles. The van der Waals surface area contributed by atoms with Crippen LogP contribution in [0.2, 0.25) is 0 Å². The fourth-order valence-corrected chi connectivity index (χ4v) is 1.87. The van der Waals surface area contributed by atoms with Crippen LogP contribution in [0, 0.1) is 15.2 Å². The van der Waals surface area contributed by atoms with Crippen molar-refractivity contribution in [2.75, 3.05) is 5.32 Å². The van der Waals surface area contributed by atoms with E-state index in [-0.39, 0.29) is 11.3 Å². The van der Waals surface area contributed by atoms with Crippen molar-refractivity contribution in [1.29, 1.82) is 0 Å². The summed E-state index contributed by atoms with van der Waals surface area (Å²) in [5, 5.41) is 2.40. The Labute approximate surface area is 116 Å². The molecule has 0 aliphatic carbocycles. The fraction of sp³-hybridized carbons (Fsp3) is 0. The molecule has 2 rings (SSSR count). The number of halogens is 3. The number of carbonyl (C=O) groups is 1. The Morgan fingerprint density at radius 1 is 1.11 bits per heavy atom. The van der Waals surface area contributed by atoms with Gasteiger partial charge in [0.15, 0.2) is 0 Å². The van der Waals surface area contributed by atoms with E-state index in [2.05, 4.69) is 5.32 Å². The van der Waals surface area contributed by atoms with Gasteiger partial charge in [-0.3, -0.25) is 4.79 Å². The molecule has 0 aromatic heterocycles. The molecule has 0 fully saturated rings. The van der Waals surface area contributed by atoms with Crippen molar-refractivity contribution in [3.05, 3.63) is 63.2 Å². The van der Waals surface area contributed by atoms with Gasteiger partial charge in [0.05, 0.1) is 5.69 Å². The van der Waals surface area contributed by atoms with Crippen LogP contribution in [0.15, 0.2) is 42.5 Å². The molecular formula is C13H8F2INO. The molecule has 0 atom stereocenters. The second-order valence-electron chi connectivity index (χ2n) is 3.59. The zero-order valence-electron chi connectivity index (χ0n) is 9.08. The molecule has 0 unspecified atom stereocenters. The monoisotopic (exact) mass is 359 g/mol. The van der Waals surface area contributed by atoms with E-state index in [9.17, 15) is 13.6 Å². The molecule has 0 saturated carbocycles. The Balaban J connectivity index is 2.21. The number of amides is 1. The van der Waals surface area contributed by atoms with E-state index < -0.39 is 17.5 Å². The second-order valence-corrected chi connectivity index (χ2v) is 4.83. The maximum atomic E-state index is 13.5. The van der Waals surface area contributed by atoms with Crippen LogP contribution in [0.1, 0.15) is 10.4 Å². The Morgan fingerprint density at radius 2 is 1.89 bits per heavy atom. The SMILES string of the molecule is O=C(Nc1ccc(I)cc1F)c1cccc(F)c1. The molecule has 2 aromatic carbocycles. The third-order valence-corrected chi connectivity index (χ3v) is 2.94. The van der Waals surface area contributed by atoms with Gasteiger partial charge in [-0.2, -0.15) is 0 Å². The van der Waals surface area contributed by atoms with Gasteiger partial charge in [0, 0.05) is 9.13 Å². The molecule has 2 nitrogen and oxygen atoms in total. The maximum absolute atomic E-state index is 13.5. The molecular weight excluding hydrogens is 351 g/mol. The van der Waals surface area contributed by atoms with Gasteiger partial charge in [0.1, 0.15) is 11.6 Å². The number of rotatable bonds is 2. The molecule has 0 spiro atoms. The number of nitrogens with one attached hydrogen (secondary N) is 1. The van der Waals surface area contributed by atoms with E-state index in [4.69, 9.17) is 0 Å². The predicted molar refractivity (Wildman–Crippen MR) is 73.5 cm³/mol. The molecule has 0 aliphatic heterocycles. The highest BCUT2D eigenvalue weighted by Gasteiger charge is 2.10. The Kier molecular flexibility index (Phi) is 3.90. The van der Waals surface area contributed by atoms with Crippen molar-refractivity contribution < 1.29 is 13.6 Å². The number of benzene rings is 2. The van der Waals surface area contributed by atoms with Gasteiger partial charge >= 0.3 is 0 Å². The molecule has 1 N–H and O–H groups in total. The summed E-state index contributed by atoms with van der Waals surface area (Å²) in [7, 11) is 0. The van der Waals surface area contributed by atoms with Crippen LogP contribution in [0.5, 0.6) is 0 Å². The third-order valence-electron chi connectivity index (χ3n) is 2.27. The smallest absolute Gasteiger partial charge is 0.255 e. The van der Waals surface area contributed by atoms with Crippen LogP contribution >= 0.6 is 22.6 Å². The van der Waals surface area contributed by atoms with Gasteiger partial charge in [0.25, 0.3) is 5.91 Å². The standard InChI is InChI=1S/C13H8F2INO/c14-9-3-1-2-8(6-9)13(18)17-12-5-4-10(16)7-11(12)15/h1-7H,(H,17,18). The van der Waals surface area contributed by atoms with Crippen LogP contribution in [0.4, 0.5) is 14.5 Å². The van der Waals surface area contributed by atoms with Crippen molar-refractivity contribution in [2.24, 2.45) is 0 Å². The highest BCUT2D eigenvalue weighted by Crippen LogP contribution is 2.18. The molecule has 0 bridgehead atoms. The summed E-state index contributed by atoms with van der Waals surface area (Å²) in [6, 6.07) is 9.67. The van der Waals surface area contributed by atoms with Crippen molar-refractivity contribution in [3.63, 3.8) is 0 Å². The number of carbonyl (C=O) groups excluding carboxylic acids is 1. The van der Waals surface area contributed by atoms with Crippen LogP contribution < -0.4 is 5.32 Å². The molecule has 92 valence electrons. The van der Waals surface area contributed by atoms with Crippen molar-refractivity contribution in [3.8, 4) is 0 Å². The summed E-state index contributed by atoms with van der Waals surface area (Å²) >= 11 is 1.97. The van der Waals surface area contributed by atoms with Gasteiger partial charge in [-0.25, -0.2) is 8.78 Å². The molecule has 0 saturated heterocycles. The van der Waals surface area contributed by atoms with Crippen LogP contribution in [-0.2, 0) is 0 Å². The summed E-state index contributed by atoms with van der Waals surface area (Å²) in [4.78, 5) is 11.8. The first-order chi connectivity index (χ1) is 8.56. The molecule has 18 heavy (non-hydrogen) atoms. The van der Waals surface area contributed by atoms with Gasteiger partial charge in [-0.1, -0.05) is 6.07 Å². The summed E-state index contributed by atoms with van der Waals surface area (Å²) in [5.74, 6) is -1.58. The summed E-state index contributed by atoms with van der Waals surface area (Å²) in [6.07, 6.45) is 0. The summed E-state index contributed by atoms with van der Waals surface area (Å²) in [5.41, 5.74) is 0.220. The largest absolute Gasteiger partial charge is 0.319 e.